The summed E-state index contributed by atoms with van der Waals surface area (Å²) in [4.78, 5) is 24.7. The van der Waals surface area contributed by atoms with E-state index in [1.54, 1.807) is 0 Å². The van der Waals surface area contributed by atoms with Crippen LogP contribution in [0.3, 0.4) is 0 Å². The Kier molecular flexibility index (Phi) is 6.15. The Labute approximate surface area is 166 Å². The van der Waals surface area contributed by atoms with Crippen molar-refractivity contribution in [2.45, 2.75) is 45.1 Å². The maximum Gasteiger partial charge on any atom is 0.238 e. The molecule has 0 saturated heterocycles. The minimum absolute atomic E-state index is 0.0201. The predicted molar refractivity (Wildman–Crippen MR) is 112 cm³/mol. The molecule has 1 aliphatic heterocycles. The quantitative estimate of drug-likeness (QED) is 0.645. The van der Waals surface area contributed by atoms with Crippen LogP contribution in [0.15, 0.2) is 48.5 Å². The lowest BCUT2D eigenvalue weighted by Gasteiger charge is -2.37. The number of amides is 2. The molecule has 5 heteroatoms. The van der Waals surface area contributed by atoms with Crippen molar-refractivity contribution in [3.05, 3.63) is 65.2 Å². The fourth-order valence-electron chi connectivity index (χ4n) is 3.56. The summed E-state index contributed by atoms with van der Waals surface area (Å²) in [6, 6.07) is 15.6. The molecule has 3 N–H and O–H groups in total. The third-order valence-electron chi connectivity index (χ3n) is 5.31. The van der Waals surface area contributed by atoms with Crippen LogP contribution >= 0.6 is 0 Å². The molecule has 1 aliphatic rings. The van der Waals surface area contributed by atoms with Gasteiger partial charge in [0.25, 0.3) is 0 Å². The molecular formula is C23H29N3O2. The van der Waals surface area contributed by atoms with Crippen LogP contribution in [-0.2, 0) is 15.0 Å². The topological polar surface area (TPSA) is 70.2 Å². The normalized spacial score (nSPS) is 17.5. The molecule has 5 nitrogen and oxygen atoms in total. The minimum Gasteiger partial charge on any atom is -0.344 e. The van der Waals surface area contributed by atoms with E-state index in [2.05, 4.69) is 28.9 Å². The van der Waals surface area contributed by atoms with Gasteiger partial charge in [-0.3, -0.25) is 9.59 Å². The van der Waals surface area contributed by atoms with Gasteiger partial charge in [-0.1, -0.05) is 49.7 Å². The lowest BCUT2D eigenvalue weighted by atomic mass is 9.75. The van der Waals surface area contributed by atoms with Gasteiger partial charge in [-0.05, 0) is 55.6 Å². The van der Waals surface area contributed by atoms with E-state index in [4.69, 9.17) is 0 Å². The molecule has 2 amide bonds. The molecule has 148 valence electrons. The summed E-state index contributed by atoms with van der Waals surface area (Å²) in [6.45, 7) is 7.18. The van der Waals surface area contributed by atoms with Gasteiger partial charge >= 0.3 is 0 Å². The largest absolute Gasteiger partial charge is 0.344 e. The summed E-state index contributed by atoms with van der Waals surface area (Å²) in [7, 11) is 0. The highest BCUT2D eigenvalue weighted by Gasteiger charge is 2.39. The number of anilines is 1. The number of hydrogen-bond acceptors (Lipinski definition) is 3. The standard InChI is InChI=1S/C23H29N3O2/c1-4-5-14-24-15-20(27)25-17-12-10-16(11-13-17)21-18-8-6-7-9-19(18)23(2,3)22(28)26-21/h6-13,21,24H,4-5,14-15H2,1-3H3,(H,25,27)(H,26,28). The van der Waals surface area contributed by atoms with Crippen LogP contribution in [0.5, 0.6) is 0 Å². The molecule has 3 rings (SSSR count). The highest BCUT2D eigenvalue weighted by molar-refractivity contribution is 5.92. The molecule has 1 heterocycles. The van der Waals surface area contributed by atoms with E-state index < -0.39 is 5.41 Å². The van der Waals surface area contributed by atoms with E-state index in [0.717, 1.165) is 41.8 Å². The first-order valence-electron chi connectivity index (χ1n) is 9.94. The SMILES string of the molecule is CCCCNCC(=O)Nc1ccc(C2NC(=O)C(C)(C)c3ccccc32)cc1. The molecule has 28 heavy (non-hydrogen) atoms. The Morgan fingerprint density at radius 3 is 2.54 bits per heavy atom. The van der Waals surface area contributed by atoms with Crippen molar-refractivity contribution < 1.29 is 9.59 Å². The van der Waals surface area contributed by atoms with Gasteiger partial charge < -0.3 is 16.0 Å². The van der Waals surface area contributed by atoms with Crippen molar-refractivity contribution in [2.24, 2.45) is 0 Å². The second-order valence-electron chi connectivity index (χ2n) is 7.82. The summed E-state index contributed by atoms with van der Waals surface area (Å²) < 4.78 is 0. The molecule has 0 spiro atoms. The number of rotatable bonds is 7. The number of carbonyl (C=O) groups is 2. The fourth-order valence-corrected chi connectivity index (χ4v) is 3.56. The van der Waals surface area contributed by atoms with E-state index in [9.17, 15) is 9.59 Å². The number of fused-ring (bicyclic) bond motifs is 1. The Balaban J connectivity index is 1.72. The van der Waals surface area contributed by atoms with Crippen LogP contribution in [0, 0.1) is 0 Å². The lowest BCUT2D eigenvalue weighted by Crippen LogP contribution is -2.47. The van der Waals surface area contributed by atoms with Gasteiger partial charge in [-0.2, -0.15) is 0 Å². The van der Waals surface area contributed by atoms with Gasteiger partial charge in [0.15, 0.2) is 0 Å². The van der Waals surface area contributed by atoms with Gasteiger partial charge in [0.2, 0.25) is 11.8 Å². The van der Waals surface area contributed by atoms with Gasteiger partial charge in [0.05, 0.1) is 18.0 Å². The Morgan fingerprint density at radius 2 is 1.82 bits per heavy atom. The first-order chi connectivity index (χ1) is 13.4. The average Bonchev–Trinajstić information content (AvgIpc) is 2.69. The van der Waals surface area contributed by atoms with Gasteiger partial charge in [-0.15, -0.1) is 0 Å². The van der Waals surface area contributed by atoms with Crippen LogP contribution in [0.4, 0.5) is 5.69 Å². The van der Waals surface area contributed by atoms with Crippen molar-refractivity contribution in [1.82, 2.24) is 10.6 Å². The van der Waals surface area contributed by atoms with Gasteiger partial charge in [0, 0.05) is 5.69 Å². The summed E-state index contributed by atoms with van der Waals surface area (Å²) in [5, 5.41) is 9.18. The zero-order chi connectivity index (χ0) is 20.1. The van der Waals surface area contributed by atoms with E-state index in [1.807, 2.05) is 56.3 Å². The summed E-state index contributed by atoms with van der Waals surface area (Å²) in [5.74, 6) is -0.0337. The van der Waals surface area contributed by atoms with Crippen molar-refractivity contribution in [3.8, 4) is 0 Å². The molecular weight excluding hydrogens is 350 g/mol. The molecule has 2 aromatic carbocycles. The number of unbranched alkanes of at least 4 members (excludes halogenated alkanes) is 1. The van der Waals surface area contributed by atoms with Crippen LogP contribution in [0.25, 0.3) is 0 Å². The Morgan fingerprint density at radius 1 is 1.11 bits per heavy atom. The average molecular weight is 380 g/mol. The minimum atomic E-state index is -0.550. The number of nitrogens with one attached hydrogen (secondary N) is 3. The van der Waals surface area contributed by atoms with Crippen LogP contribution in [0.1, 0.15) is 56.3 Å². The molecule has 0 saturated carbocycles. The number of carbonyl (C=O) groups excluding carboxylic acids is 2. The highest BCUT2D eigenvalue weighted by Crippen LogP contribution is 2.38. The summed E-state index contributed by atoms with van der Waals surface area (Å²) in [5.41, 5.74) is 3.37. The summed E-state index contributed by atoms with van der Waals surface area (Å²) in [6.07, 6.45) is 2.17. The van der Waals surface area contributed by atoms with Crippen LogP contribution < -0.4 is 16.0 Å². The van der Waals surface area contributed by atoms with E-state index in [1.165, 1.54) is 0 Å². The maximum atomic E-state index is 12.6. The van der Waals surface area contributed by atoms with Crippen molar-refractivity contribution in [3.63, 3.8) is 0 Å². The van der Waals surface area contributed by atoms with E-state index in [-0.39, 0.29) is 17.9 Å². The molecule has 0 aromatic heterocycles. The zero-order valence-electron chi connectivity index (χ0n) is 16.8. The Hall–Kier alpha value is -2.66. The number of hydrogen-bond donors (Lipinski definition) is 3. The predicted octanol–water partition coefficient (Wildman–Crippen LogP) is 3.51. The third kappa shape index (κ3) is 4.25. The number of benzene rings is 2. The first-order valence-corrected chi connectivity index (χ1v) is 9.94. The molecule has 0 bridgehead atoms. The van der Waals surface area contributed by atoms with Crippen molar-refractivity contribution in [1.29, 1.82) is 0 Å². The van der Waals surface area contributed by atoms with Crippen LogP contribution in [0.2, 0.25) is 0 Å². The Bertz CT molecular complexity index is 843. The fraction of sp³-hybridized carbons (Fsp3) is 0.391. The van der Waals surface area contributed by atoms with Crippen molar-refractivity contribution in [2.75, 3.05) is 18.4 Å². The van der Waals surface area contributed by atoms with Gasteiger partial charge in [-0.25, -0.2) is 0 Å². The van der Waals surface area contributed by atoms with Crippen LogP contribution in [-0.4, -0.2) is 24.9 Å². The molecule has 0 aliphatic carbocycles. The second kappa shape index (κ2) is 8.57. The molecule has 2 aromatic rings. The molecule has 0 radical (unpaired) electrons. The van der Waals surface area contributed by atoms with E-state index in [0.29, 0.717) is 6.54 Å². The second-order valence-corrected chi connectivity index (χ2v) is 7.82. The van der Waals surface area contributed by atoms with Gasteiger partial charge in [0.1, 0.15) is 0 Å². The lowest BCUT2D eigenvalue weighted by molar-refractivity contribution is -0.127. The zero-order valence-corrected chi connectivity index (χ0v) is 16.8. The van der Waals surface area contributed by atoms with E-state index >= 15 is 0 Å². The molecule has 0 fully saturated rings. The van der Waals surface area contributed by atoms with Crippen molar-refractivity contribution >= 4 is 17.5 Å². The first kappa shape index (κ1) is 20.1. The smallest absolute Gasteiger partial charge is 0.238 e. The highest BCUT2D eigenvalue weighted by atomic mass is 16.2. The third-order valence-corrected chi connectivity index (χ3v) is 5.31. The molecule has 1 unspecified atom stereocenters. The molecule has 1 atom stereocenters. The monoisotopic (exact) mass is 379 g/mol. The summed E-state index contributed by atoms with van der Waals surface area (Å²) >= 11 is 0. The maximum absolute atomic E-state index is 12.6.